The number of amides is 1. The topological polar surface area (TPSA) is 72.7 Å². The van der Waals surface area contributed by atoms with Crippen LogP contribution in [0.4, 0.5) is 18.9 Å². The number of nitrogens with zero attached hydrogens (tertiary/aromatic N) is 4. The molecule has 0 unspecified atom stereocenters. The highest BCUT2D eigenvalue weighted by Crippen LogP contribution is 2.33. The molecule has 1 N–H and O–H groups in total. The number of aromatic nitrogens is 4. The summed E-state index contributed by atoms with van der Waals surface area (Å²) in [7, 11) is 0. The average Bonchev–Trinajstić information content (AvgIpc) is 3.36. The van der Waals surface area contributed by atoms with E-state index in [1.807, 2.05) is 37.3 Å². The lowest BCUT2D eigenvalue weighted by Gasteiger charge is -2.14. The number of anilines is 1. The highest BCUT2D eigenvalue weighted by Gasteiger charge is 2.31. The van der Waals surface area contributed by atoms with Crippen LogP contribution >= 0.6 is 0 Å². The van der Waals surface area contributed by atoms with Crippen LogP contribution in [0, 0.1) is 13.8 Å². The fourth-order valence-electron chi connectivity index (χ4n) is 4.25. The summed E-state index contributed by atoms with van der Waals surface area (Å²) in [5, 5.41) is 2.63. The number of halogens is 3. The number of alkyl halides is 3. The van der Waals surface area contributed by atoms with Crippen LogP contribution < -0.4 is 5.32 Å². The van der Waals surface area contributed by atoms with Gasteiger partial charge in [-0.05, 0) is 79.1 Å². The number of imidazole rings is 1. The molecular weight excluding hydrogens is 503 g/mol. The molecule has 0 aliphatic rings. The fourth-order valence-corrected chi connectivity index (χ4v) is 4.25. The van der Waals surface area contributed by atoms with Gasteiger partial charge in [0.2, 0.25) is 0 Å². The van der Waals surface area contributed by atoms with Crippen molar-refractivity contribution in [2.45, 2.75) is 26.4 Å². The van der Waals surface area contributed by atoms with Crippen molar-refractivity contribution >= 4 is 11.6 Å². The van der Waals surface area contributed by atoms with E-state index in [1.165, 1.54) is 17.0 Å². The van der Waals surface area contributed by atoms with Crippen molar-refractivity contribution in [1.29, 1.82) is 0 Å². The highest BCUT2D eigenvalue weighted by molar-refractivity contribution is 6.04. The van der Waals surface area contributed by atoms with E-state index in [1.54, 1.807) is 43.8 Å². The summed E-state index contributed by atoms with van der Waals surface area (Å²) in [5.74, 6) is -0.514. The van der Waals surface area contributed by atoms with Gasteiger partial charge in [0.1, 0.15) is 0 Å². The molecule has 9 heteroatoms. The predicted octanol–water partition coefficient (Wildman–Crippen LogP) is 6.81. The summed E-state index contributed by atoms with van der Waals surface area (Å²) in [6.07, 6.45) is 4.17. The first-order valence-corrected chi connectivity index (χ1v) is 12.2. The maximum atomic E-state index is 13.6. The van der Waals surface area contributed by atoms with Gasteiger partial charge in [-0.1, -0.05) is 12.1 Å². The Balaban J connectivity index is 1.41. The molecule has 3 heterocycles. The molecule has 0 saturated carbocycles. The number of carbonyl (C=O) groups excluding carboxylic acids is 1. The van der Waals surface area contributed by atoms with Crippen molar-refractivity contribution in [3.63, 3.8) is 0 Å². The summed E-state index contributed by atoms with van der Waals surface area (Å²) >= 11 is 0. The first-order valence-electron chi connectivity index (χ1n) is 12.2. The van der Waals surface area contributed by atoms with Gasteiger partial charge in [0.05, 0.1) is 17.6 Å². The van der Waals surface area contributed by atoms with Crippen molar-refractivity contribution in [3.8, 4) is 16.8 Å². The molecule has 0 fully saturated rings. The molecule has 0 bridgehead atoms. The van der Waals surface area contributed by atoms with Gasteiger partial charge in [0, 0.05) is 59.4 Å². The van der Waals surface area contributed by atoms with Crippen molar-refractivity contribution in [2.24, 2.45) is 0 Å². The lowest BCUT2D eigenvalue weighted by atomic mass is 9.99. The monoisotopic (exact) mass is 527 g/mol. The summed E-state index contributed by atoms with van der Waals surface area (Å²) in [6, 6.07) is 16.4. The Labute approximate surface area is 223 Å². The van der Waals surface area contributed by atoms with Crippen molar-refractivity contribution < 1.29 is 18.0 Å². The molecule has 0 atom stereocenters. The molecule has 6 nitrogen and oxygen atoms in total. The van der Waals surface area contributed by atoms with E-state index in [4.69, 9.17) is 0 Å². The third-order valence-electron chi connectivity index (χ3n) is 6.31. The lowest BCUT2D eigenvalue weighted by Crippen LogP contribution is -2.14. The number of hydrogen-bond donors (Lipinski definition) is 1. The van der Waals surface area contributed by atoms with E-state index in [2.05, 4.69) is 20.3 Å². The zero-order valence-electron chi connectivity index (χ0n) is 21.2. The van der Waals surface area contributed by atoms with Gasteiger partial charge in [-0.2, -0.15) is 13.2 Å². The summed E-state index contributed by atoms with van der Waals surface area (Å²) < 4.78 is 42.4. The van der Waals surface area contributed by atoms with E-state index in [-0.39, 0.29) is 11.4 Å². The number of aryl methyl sites for hydroxylation is 2. The Hall–Kier alpha value is -4.79. The Morgan fingerprint density at radius 2 is 1.79 bits per heavy atom. The SMILES string of the molecule is Cc1cn(-c2cc(NC(=O)c3ccc(C)c(Cc4cc(-c5cccnc5)ccn4)c3)cc(C(F)(F)F)c2)cn1. The average molecular weight is 528 g/mol. The van der Waals surface area contributed by atoms with Gasteiger partial charge in [-0.3, -0.25) is 14.8 Å². The van der Waals surface area contributed by atoms with Gasteiger partial charge in [-0.25, -0.2) is 4.98 Å². The maximum Gasteiger partial charge on any atom is 0.416 e. The van der Waals surface area contributed by atoms with Crippen LogP contribution in [0.25, 0.3) is 16.8 Å². The molecule has 1 amide bonds. The van der Waals surface area contributed by atoms with Crippen LogP contribution in [0.3, 0.4) is 0 Å². The van der Waals surface area contributed by atoms with Gasteiger partial charge in [0.15, 0.2) is 0 Å². The number of pyridine rings is 2. The van der Waals surface area contributed by atoms with Crippen molar-refractivity contribution in [3.05, 3.63) is 125 Å². The van der Waals surface area contributed by atoms with Crippen LogP contribution in [-0.4, -0.2) is 25.4 Å². The molecule has 5 aromatic rings. The Bertz CT molecular complexity index is 1640. The molecule has 0 radical (unpaired) electrons. The number of carbonyl (C=O) groups is 1. The second-order valence-electron chi connectivity index (χ2n) is 9.24. The van der Waals surface area contributed by atoms with E-state index in [0.717, 1.165) is 40.1 Å². The number of nitrogens with one attached hydrogen (secondary N) is 1. The van der Waals surface area contributed by atoms with Crippen LogP contribution in [0.2, 0.25) is 0 Å². The quantitative estimate of drug-likeness (QED) is 0.263. The van der Waals surface area contributed by atoms with E-state index >= 15 is 0 Å². The van der Waals surface area contributed by atoms with E-state index in [9.17, 15) is 18.0 Å². The molecular formula is C30H24F3N5O. The molecule has 196 valence electrons. The molecule has 5 rings (SSSR count). The predicted molar refractivity (Wildman–Crippen MR) is 143 cm³/mol. The largest absolute Gasteiger partial charge is 0.416 e. The fraction of sp³-hybridized carbons (Fsp3) is 0.133. The Kier molecular flexibility index (Phi) is 6.98. The van der Waals surface area contributed by atoms with Gasteiger partial charge in [0.25, 0.3) is 5.91 Å². The number of rotatable bonds is 6. The van der Waals surface area contributed by atoms with Crippen LogP contribution in [0.1, 0.15) is 38.4 Å². The first-order chi connectivity index (χ1) is 18.7. The minimum atomic E-state index is -4.58. The standard InChI is InChI=1S/C30H24F3N5O/c1-19-5-6-22(10-24(19)12-26-11-21(7-9-35-26)23-4-3-8-34-16-23)29(39)37-27-13-25(30(31,32)33)14-28(15-27)38-17-20(2)36-18-38/h3-11,13-18H,12H2,1-2H3,(H,37,39). The molecule has 3 aromatic heterocycles. The second-order valence-corrected chi connectivity index (χ2v) is 9.24. The molecule has 0 spiro atoms. The molecule has 0 aliphatic heterocycles. The maximum absolute atomic E-state index is 13.6. The number of benzene rings is 2. The van der Waals surface area contributed by atoms with E-state index in [0.29, 0.717) is 17.7 Å². The Morgan fingerprint density at radius 3 is 2.51 bits per heavy atom. The smallest absolute Gasteiger partial charge is 0.322 e. The van der Waals surface area contributed by atoms with Gasteiger partial charge in [-0.15, -0.1) is 0 Å². The normalized spacial score (nSPS) is 11.4. The third kappa shape index (κ3) is 6.04. The Morgan fingerprint density at radius 1 is 0.949 bits per heavy atom. The molecule has 0 aliphatic carbocycles. The molecule has 39 heavy (non-hydrogen) atoms. The van der Waals surface area contributed by atoms with Crippen LogP contribution in [-0.2, 0) is 12.6 Å². The van der Waals surface area contributed by atoms with Gasteiger partial charge < -0.3 is 9.88 Å². The zero-order chi connectivity index (χ0) is 27.6. The van der Waals surface area contributed by atoms with Crippen LogP contribution in [0.5, 0.6) is 0 Å². The van der Waals surface area contributed by atoms with Gasteiger partial charge >= 0.3 is 6.18 Å². The summed E-state index contributed by atoms with van der Waals surface area (Å²) in [4.78, 5) is 25.9. The first kappa shape index (κ1) is 25.8. The van der Waals surface area contributed by atoms with Crippen molar-refractivity contribution in [2.75, 3.05) is 5.32 Å². The minimum Gasteiger partial charge on any atom is -0.322 e. The summed E-state index contributed by atoms with van der Waals surface area (Å²) in [5.41, 5.74) is 5.01. The molecule has 2 aromatic carbocycles. The minimum absolute atomic E-state index is 0.0316. The van der Waals surface area contributed by atoms with E-state index < -0.39 is 17.6 Å². The third-order valence-corrected chi connectivity index (χ3v) is 6.31. The lowest BCUT2D eigenvalue weighted by molar-refractivity contribution is -0.137. The van der Waals surface area contributed by atoms with Crippen molar-refractivity contribution in [1.82, 2.24) is 19.5 Å². The zero-order valence-corrected chi connectivity index (χ0v) is 21.2. The van der Waals surface area contributed by atoms with Crippen LogP contribution in [0.15, 0.2) is 91.8 Å². The summed E-state index contributed by atoms with van der Waals surface area (Å²) in [6.45, 7) is 3.68. The highest BCUT2D eigenvalue weighted by atomic mass is 19.4. The molecule has 0 saturated heterocycles. The second kappa shape index (κ2) is 10.5. The number of hydrogen-bond acceptors (Lipinski definition) is 4.